The van der Waals surface area contributed by atoms with Crippen molar-refractivity contribution in [1.82, 2.24) is 5.32 Å². The summed E-state index contributed by atoms with van der Waals surface area (Å²) in [4.78, 5) is 12.6. The van der Waals surface area contributed by atoms with Gasteiger partial charge in [0.2, 0.25) is 5.75 Å². The second kappa shape index (κ2) is 9.71. The number of rotatable bonds is 9. The fourth-order valence-electron chi connectivity index (χ4n) is 2.70. The van der Waals surface area contributed by atoms with Crippen LogP contribution in [0, 0.1) is 6.92 Å². The lowest BCUT2D eigenvalue weighted by Crippen LogP contribution is -2.37. The number of hydrogen-bond donors (Lipinski definition) is 1. The molecule has 0 aromatic heterocycles. The summed E-state index contributed by atoms with van der Waals surface area (Å²) in [6.07, 6.45) is 0.00300. The molecule has 0 saturated carbocycles. The molecule has 0 unspecified atom stereocenters. The minimum Gasteiger partial charge on any atom is -0.493 e. The average molecular weight is 373 g/mol. The SMILES string of the molecule is CC[C@H](Oc1ccccc1C)C(=O)NCc1cc(OC)c(OC)c(OC)c1. The molecule has 6 heteroatoms. The quantitative estimate of drug-likeness (QED) is 0.729. The largest absolute Gasteiger partial charge is 0.493 e. The van der Waals surface area contributed by atoms with Gasteiger partial charge in [0.1, 0.15) is 5.75 Å². The average Bonchev–Trinajstić information content (AvgIpc) is 2.70. The van der Waals surface area contributed by atoms with Crippen LogP contribution in [0.5, 0.6) is 23.0 Å². The van der Waals surface area contributed by atoms with Gasteiger partial charge in [-0.25, -0.2) is 0 Å². The molecule has 1 atom stereocenters. The third kappa shape index (κ3) is 5.06. The Morgan fingerprint density at radius 2 is 1.63 bits per heavy atom. The number of carbonyl (C=O) groups is 1. The van der Waals surface area contributed by atoms with E-state index < -0.39 is 6.10 Å². The summed E-state index contributed by atoms with van der Waals surface area (Å²) >= 11 is 0. The van der Waals surface area contributed by atoms with Gasteiger partial charge in [-0.3, -0.25) is 4.79 Å². The zero-order valence-electron chi connectivity index (χ0n) is 16.5. The lowest BCUT2D eigenvalue weighted by molar-refractivity contribution is -0.128. The number of hydrogen-bond acceptors (Lipinski definition) is 5. The van der Waals surface area contributed by atoms with Crippen LogP contribution in [0.25, 0.3) is 0 Å². The number of amides is 1. The first-order valence-corrected chi connectivity index (χ1v) is 8.82. The topological polar surface area (TPSA) is 66.0 Å². The first-order valence-electron chi connectivity index (χ1n) is 8.82. The summed E-state index contributed by atoms with van der Waals surface area (Å²) in [5, 5.41) is 2.91. The highest BCUT2D eigenvalue weighted by atomic mass is 16.5. The van der Waals surface area contributed by atoms with Crippen LogP contribution in [-0.4, -0.2) is 33.3 Å². The Morgan fingerprint density at radius 3 is 2.15 bits per heavy atom. The molecule has 0 radical (unpaired) electrons. The highest BCUT2D eigenvalue weighted by Crippen LogP contribution is 2.38. The molecule has 0 bridgehead atoms. The van der Waals surface area contributed by atoms with Crippen LogP contribution in [-0.2, 0) is 11.3 Å². The number of carbonyl (C=O) groups excluding carboxylic acids is 1. The van der Waals surface area contributed by atoms with Crippen molar-refractivity contribution in [2.45, 2.75) is 32.9 Å². The maximum absolute atomic E-state index is 12.6. The highest BCUT2D eigenvalue weighted by molar-refractivity contribution is 5.81. The standard InChI is InChI=1S/C21H27NO5/c1-6-16(27-17-10-8-7-9-14(17)2)21(23)22-13-15-11-18(24-3)20(26-5)19(12-15)25-4/h7-12,16H,6,13H2,1-5H3,(H,22,23)/t16-/m0/s1. The Hall–Kier alpha value is -2.89. The maximum Gasteiger partial charge on any atom is 0.261 e. The normalized spacial score (nSPS) is 11.4. The molecule has 0 heterocycles. The van der Waals surface area contributed by atoms with Crippen LogP contribution in [0.2, 0.25) is 0 Å². The number of para-hydroxylation sites is 1. The van der Waals surface area contributed by atoms with Gasteiger partial charge in [0.25, 0.3) is 5.91 Å². The molecule has 1 N–H and O–H groups in total. The smallest absolute Gasteiger partial charge is 0.261 e. The van der Waals surface area contributed by atoms with Crippen LogP contribution < -0.4 is 24.3 Å². The van der Waals surface area contributed by atoms with Gasteiger partial charge in [0, 0.05) is 6.54 Å². The van der Waals surface area contributed by atoms with E-state index in [1.54, 1.807) is 21.3 Å². The molecule has 1 amide bonds. The Bertz CT molecular complexity index is 750. The van der Waals surface area contributed by atoms with Gasteiger partial charge >= 0.3 is 0 Å². The zero-order valence-corrected chi connectivity index (χ0v) is 16.5. The summed E-state index contributed by atoms with van der Waals surface area (Å²) in [6, 6.07) is 11.3. The second-order valence-corrected chi connectivity index (χ2v) is 6.03. The van der Waals surface area contributed by atoms with Crippen LogP contribution >= 0.6 is 0 Å². The monoisotopic (exact) mass is 373 g/mol. The van der Waals surface area contributed by atoms with Crippen molar-refractivity contribution in [2.24, 2.45) is 0 Å². The third-order valence-corrected chi connectivity index (χ3v) is 4.22. The zero-order chi connectivity index (χ0) is 19.8. The predicted molar refractivity (Wildman–Crippen MR) is 104 cm³/mol. The fourth-order valence-corrected chi connectivity index (χ4v) is 2.70. The van der Waals surface area contributed by atoms with E-state index in [-0.39, 0.29) is 5.91 Å². The summed E-state index contributed by atoms with van der Waals surface area (Å²) in [7, 11) is 4.67. The van der Waals surface area contributed by atoms with E-state index in [1.165, 1.54) is 0 Å². The van der Waals surface area contributed by atoms with E-state index in [9.17, 15) is 4.79 Å². The minimum atomic E-state index is -0.562. The highest BCUT2D eigenvalue weighted by Gasteiger charge is 2.20. The van der Waals surface area contributed by atoms with E-state index in [2.05, 4.69) is 5.32 Å². The number of nitrogens with one attached hydrogen (secondary N) is 1. The van der Waals surface area contributed by atoms with E-state index >= 15 is 0 Å². The number of methoxy groups -OCH3 is 3. The third-order valence-electron chi connectivity index (χ3n) is 4.22. The lowest BCUT2D eigenvalue weighted by atomic mass is 10.1. The Kier molecular flexibility index (Phi) is 7.34. The van der Waals surface area contributed by atoms with Crippen molar-refractivity contribution in [3.05, 3.63) is 47.5 Å². The van der Waals surface area contributed by atoms with Gasteiger partial charge in [0.15, 0.2) is 17.6 Å². The van der Waals surface area contributed by atoms with Crippen LogP contribution in [0.3, 0.4) is 0 Å². The van der Waals surface area contributed by atoms with Gasteiger partial charge in [-0.15, -0.1) is 0 Å². The fraction of sp³-hybridized carbons (Fsp3) is 0.381. The predicted octanol–water partition coefficient (Wildman–Crippen LogP) is 3.49. The minimum absolute atomic E-state index is 0.172. The Labute approximate surface area is 160 Å². The van der Waals surface area contributed by atoms with Crippen molar-refractivity contribution >= 4 is 5.91 Å². The van der Waals surface area contributed by atoms with E-state index in [4.69, 9.17) is 18.9 Å². The molecule has 0 saturated heterocycles. The summed E-state index contributed by atoms with van der Waals surface area (Å²) in [5.74, 6) is 2.15. The van der Waals surface area contributed by atoms with Gasteiger partial charge in [-0.1, -0.05) is 25.1 Å². The Balaban J connectivity index is 2.08. The summed E-state index contributed by atoms with van der Waals surface area (Å²) in [5.41, 5.74) is 1.83. The van der Waals surface area contributed by atoms with E-state index in [1.807, 2.05) is 50.2 Å². The van der Waals surface area contributed by atoms with Gasteiger partial charge in [-0.05, 0) is 42.7 Å². The molecular formula is C21H27NO5. The molecule has 2 aromatic rings. The van der Waals surface area contributed by atoms with E-state index in [0.29, 0.717) is 36.0 Å². The number of ether oxygens (including phenoxy) is 4. The molecule has 146 valence electrons. The molecule has 2 aromatic carbocycles. The molecule has 0 aliphatic carbocycles. The van der Waals surface area contributed by atoms with Crippen LogP contribution in [0.1, 0.15) is 24.5 Å². The first-order chi connectivity index (χ1) is 13.0. The molecular weight excluding hydrogens is 346 g/mol. The van der Waals surface area contributed by atoms with Crippen molar-refractivity contribution in [3.63, 3.8) is 0 Å². The van der Waals surface area contributed by atoms with Gasteiger partial charge in [-0.2, -0.15) is 0 Å². The molecule has 6 nitrogen and oxygen atoms in total. The Morgan fingerprint density at radius 1 is 1.00 bits per heavy atom. The molecule has 27 heavy (non-hydrogen) atoms. The molecule has 0 aliphatic rings. The summed E-state index contributed by atoms with van der Waals surface area (Å²) < 4.78 is 21.9. The van der Waals surface area contributed by atoms with Crippen LogP contribution in [0.15, 0.2) is 36.4 Å². The number of benzene rings is 2. The van der Waals surface area contributed by atoms with E-state index in [0.717, 1.165) is 11.1 Å². The second-order valence-electron chi connectivity index (χ2n) is 6.03. The molecule has 0 spiro atoms. The van der Waals surface area contributed by atoms with Gasteiger partial charge in [0.05, 0.1) is 21.3 Å². The number of aryl methyl sites for hydroxylation is 1. The molecule has 0 aliphatic heterocycles. The van der Waals surface area contributed by atoms with Crippen LogP contribution in [0.4, 0.5) is 0 Å². The maximum atomic E-state index is 12.6. The van der Waals surface area contributed by atoms with Crippen molar-refractivity contribution in [2.75, 3.05) is 21.3 Å². The first kappa shape index (κ1) is 20.4. The summed E-state index contributed by atoms with van der Waals surface area (Å²) in [6.45, 7) is 4.20. The molecule has 2 rings (SSSR count). The van der Waals surface area contributed by atoms with Gasteiger partial charge < -0.3 is 24.3 Å². The van der Waals surface area contributed by atoms with Crippen molar-refractivity contribution < 1.29 is 23.7 Å². The van der Waals surface area contributed by atoms with Crippen molar-refractivity contribution in [3.8, 4) is 23.0 Å². The lowest BCUT2D eigenvalue weighted by Gasteiger charge is -2.19. The molecule has 0 fully saturated rings. The van der Waals surface area contributed by atoms with Crippen molar-refractivity contribution in [1.29, 1.82) is 0 Å².